The van der Waals surface area contributed by atoms with E-state index < -0.39 is 21.9 Å². The van der Waals surface area contributed by atoms with Gasteiger partial charge in [0.15, 0.2) is 0 Å². The van der Waals surface area contributed by atoms with Gasteiger partial charge in [0.1, 0.15) is 5.00 Å². The van der Waals surface area contributed by atoms with Gasteiger partial charge in [-0.15, -0.1) is 11.3 Å². The van der Waals surface area contributed by atoms with Crippen LogP contribution in [0, 0.1) is 12.8 Å². The molecule has 2 aliphatic rings. The number of nitrogens with one attached hydrogen (secondary N) is 1. The molecule has 0 radical (unpaired) electrons. The van der Waals surface area contributed by atoms with Gasteiger partial charge in [-0.2, -0.15) is 4.31 Å². The molecule has 0 saturated carbocycles. The third-order valence-electron chi connectivity index (χ3n) is 5.96. The summed E-state index contributed by atoms with van der Waals surface area (Å²) in [6.45, 7) is 2.42. The molecule has 2 aromatic rings. The highest BCUT2D eigenvalue weighted by molar-refractivity contribution is 7.89. The number of piperidine rings is 1. The Morgan fingerprint density at radius 3 is 2.61 bits per heavy atom. The zero-order chi connectivity index (χ0) is 22.2. The van der Waals surface area contributed by atoms with Gasteiger partial charge in [-0.05, 0) is 56.7 Å². The Labute approximate surface area is 186 Å². The van der Waals surface area contributed by atoms with Crippen molar-refractivity contribution in [1.82, 2.24) is 4.31 Å². The predicted molar refractivity (Wildman–Crippen MR) is 119 cm³/mol. The molecule has 1 N–H and O–H groups in total. The summed E-state index contributed by atoms with van der Waals surface area (Å²) in [4.78, 5) is 26.7. The number of nitrogens with zero attached hydrogens (tertiary/aromatic N) is 1. The first-order valence-electron chi connectivity index (χ1n) is 10.4. The molecular weight excluding hydrogens is 436 g/mol. The molecule has 1 aliphatic carbocycles. The minimum absolute atomic E-state index is 0.126. The fourth-order valence-electron chi connectivity index (χ4n) is 4.26. The van der Waals surface area contributed by atoms with E-state index in [-0.39, 0.29) is 17.3 Å². The number of sulfonamides is 1. The van der Waals surface area contributed by atoms with E-state index in [0.29, 0.717) is 30.0 Å². The van der Waals surface area contributed by atoms with E-state index in [2.05, 4.69) is 5.32 Å². The molecule has 1 atom stereocenters. The van der Waals surface area contributed by atoms with Gasteiger partial charge in [0.2, 0.25) is 15.9 Å². The minimum atomic E-state index is -3.66. The van der Waals surface area contributed by atoms with Crippen LogP contribution >= 0.6 is 11.3 Å². The lowest BCUT2D eigenvalue weighted by Crippen LogP contribution is -2.43. The number of amides is 1. The highest BCUT2D eigenvalue weighted by Gasteiger charge is 2.35. The van der Waals surface area contributed by atoms with Crippen LogP contribution in [0.2, 0.25) is 0 Å². The third kappa shape index (κ3) is 4.26. The fourth-order valence-corrected chi connectivity index (χ4v) is 7.06. The summed E-state index contributed by atoms with van der Waals surface area (Å²) >= 11 is 1.42. The molecular formula is C22H26N2O5S2. The van der Waals surface area contributed by atoms with Crippen molar-refractivity contribution in [2.45, 2.75) is 43.9 Å². The Hall–Kier alpha value is -2.23. The number of carbonyl (C=O) groups excluding carboxylic acids is 2. The zero-order valence-electron chi connectivity index (χ0n) is 17.6. The molecule has 1 fully saturated rings. The molecule has 0 spiro atoms. The van der Waals surface area contributed by atoms with Crippen LogP contribution in [-0.4, -0.2) is 44.8 Å². The number of ether oxygens (including phenoxy) is 1. The molecule has 1 amide bonds. The Kier molecular flexibility index (Phi) is 6.18. The van der Waals surface area contributed by atoms with Crippen molar-refractivity contribution in [2.75, 3.05) is 25.5 Å². The van der Waals surface area contributed by atoms with Gasteiger partial charge in [-0.1, -0.05) is 17.7 Å². The summed E-state index contributed by atoms with van der Waals surface area (Å²) in [6, 6.07) is 6.74. The van der Waals surface area contributed by atoms with E-state index in [4.69, 9.17) is 4.74 Å². The second kappa shape index (κ2) is 8.72. The Morgan fingerprint density at radius 2 is 1.90 bits per heavy atom. The molecule has 0 bridgehead atoms. The SMILES string of the molecule is COC(=O)c1c(NC(=O)C2CCCN(S(=O)(=O)c3ccc(C)cc3)C2)sc2c1CCC2. The van der Waals surface area contributed by atoms with Gasteiger partial charge in [0.05, 0.1) is 23.5 Å². The topological polar surface area (TPSA) is 92.8 Å². The molecule has 2 heterocycles. The van der Waals surface area contributed by atoms with E-state index in [9.17, 15) is 18.0 Å². The van der Waals surface area contributed by atoms with Crippen LogP contribution in [0.15, 0.2) is 29.2 Å². The number of hydrogen-bond donors (Lipinski definition) is 1. The second-order valence-corrected chi connectivity index (χ2v) is 11.1. The van der Waals surface area contributed by atoms with E-state index in [1.807, 2.05) is 6.92 Å². The Bertz CT molecular complexity index is 1110. The van der Waals surface area contributed by atoms with Gasteiger partial charge < -0.3 is 10.1 Å². The molecule has 166 valence electrons. The van der Waals surface area contributed by atoms with Crippen LogP contribution in [0.4, 0.5) is 5.00 Å². The monoisotopic (exact) mass is 462 g/mol. The third-order valence-corrected chi connectivity index (χ3v) is 9.05. The summed E-state index contributed by atoms with van der Waals surface area (Å²) in [7, 11) is -2.32. The molecule has 1 aliphatic heterocycles. The molecule has 1 aromatic heterocycles. The van der Waals surface area contributed by atoms with Crippen LogP contribution in [0.25, 0.3) is 0 Å². The Morgan fingerprint density at radius 1 is 1.16 bits per heavy atom. The smallest absolute Gasteiger partial charge is 0.341 e. The summed E-state index contributed by atoms with van der Waals surface area (Å²) in [5.41, 5.74) is 2.41. The molecule has 31 heavy (non-hydrogen) atoms. The standard InChI is InChI=1S/C22H26N2O5S2/c1-14-8-10-16(11-9-14)31(27,28)24-12-4-5-15(13-24)20(25)23-21-19(22(26)29-2)17-6-3-7-18(17)30-21/h8-11,15H,3-7,12-13H2,1-2H3,(H,23,25). The first-order valence-corrected chi connectivity index (χ1v) is 12.7. The average Bonchev–Trinajstić information content (AvgIpc) is 3.34. The van der Waals surface area contributed by atoms with Gasteiger partial charge in [0, 0.05) is 18.0 Å². The lowest BCUT2D eigenvalue weighted by Gasteiger charge is -2.31. The van der Waals surface area contributed by atoms with Gasteiger partial charge in [-0.3, -0.25) is 4.79 Å². The van der Waals surface area contributed by atoms with Gasteiger partial charge in [0.25, 0.3) is 0 Å². The van der Waals surface area contributed by atoms with Crippen LogP contribution < -0.4 is 5.32 Å². The average molecular weight is 463 g/mol. The predicted octanol–water partition coefficient (Wildman–Crippen LogP) is 3.37. The molecule has 7 nitrogen and oxygen atoms in total. The van der Waals surface area contributed by atoms with Crippen molar-refractivity contribution < 1.29 is 22.7 Å². The minimum Gasteiger partial charge on any atom is -0.465 e. The largest absolute Gasteiger partial charge is 0.465 e. The van der Waals surface area contributed by atoms with Gasteiger partial charge in [-0.25, -0.2) is 13.2 Å². The van der Waals surface area contributed by atoms with E-state index >= 15 is 0 Å². The van der Waals surface area contributed by atoms with Gasteiger partial charge >= 0.3 is 5.97 Å². The number of fused-ring (bicyclic) bond motifs is 1. The number of esters is 1. The van der Waals surface area contributed by atoms with Crippen molar-refractivity contribution in [3.63, 3.8) is 0 Å². The molecule has 9 heteroatoms. The fraction of sp³-hybridized carbons (Fsp3) is 0.455. The van der Waals surface area contributed by atoms with E-state index in [1.54, 1.807) is 24.3 Å². The number of thiophene rings is 1. The number of carbonyl (C=O) groups is 2. The molecule has 4 rings (SSSR count). The van der Waals surface area contributed by atoms with Crippen LogP contribution in [0.5, 0.6) is 0 Å². The normalized spacial score (nSPS) is 19.1. The van der Waals surface area contributed by atoms with E-state index in [0.717, 1.165) is 35.3 Å². The van der Waals surface area contributed by atoms with Crippen LogP contribution in [0.1, 0.15) is 45.6 Å². The summed E-state index contributed by atoms with van der Waals surface area (Å²) in [5.74, 6) is -1.17. The number of hydrogen-bond acceptors (Lipinski definition) is 6. The number of aryl methyl sites for hydroxylation is 2. The molecule has 1 aromatic carbocycles. The molecule has 1 saturated heterocycles. The summed E-state index contributed by atoms with van der Waals surface area (Å²) in [6.07, 6.45) is 3.90. The maximum atomic E-state index is 13.0. The lowest BCUT2D eigenvalue weighted by molar-refractivity contribution is -0.120. The lowest BCUT2D eigenvalue weighted by atomic mass is 9.99. The van der Waals surface area contributed by atoms with Crippen molar-refractivity contribution in [3.05, 3.63) is 45.8 Å². The Balaban J connectivity index is 1.51. The highest BCUT2D eigenvalue weighted by atomic mass is 32.2. The zero-order valence-corrected chi connectivity index (χ0v) is 19.3. The number of anilines is 1. The molecule has 1 unspecified atom stereocenters. The van der Waals surface area contributed by atoms with Crippen LogP contribution in [0.3, 0.4) is 0 Å². The van der Waals surface area contributed by atoms with Crippen molar-refractivity contribution in [2.24, 2.45) is 5.92 Å². The van der Waals surface area contributed by atoms with E-state index in [1.165, 1.54) is 22.8 Å². The maximum Gasteiger partial charge on any atom is 0.341 e. The van der Waals surface area contributed by atoms with Crippen molar-refractivity contribution in [1.29, 1.82) is 0 Å². The van der Waals surface area contributed by atoms with Crippen LogP contribution in [-0.2, 0) is 32.4 Å². The first kappa shape index (κ1) is 22.0. The highest BCUT2D eigenvalue weighted by Crippen LogP contribution is 2.40. The van der Waals surface area contributed by atoms with Crippen molar-refractivity contribution >= 4 is 38.2 Å². The van der Waals surface area contributed by atoms with Crippen molar-refractivity contribution in [3.8, 4) is 0 Å². The number of rotatable bonds is 5. The summed E-state index contributed by atoms with van der Waals surface area (Å²) < 4.78 is 32.4. The maximum absolute atomic E-state index is 13.0. The number of benzene rings is 1. The first-order chi connectivity index (χ1) is 14.8. The quantitative estimate of drug-likeness (QED) is 0.688. The summed E-state index contributed by atoms with van der Waals surface area (Å²) in [5, 5.41) is 3.42. The number of methoxy groups -OCH3 is 1. The second-order valence-electron chi connectivity index (χ2n) is 8.06.